The second-order valence-corrected chi connectivity index (χ2v) is 6.18. The maximum atomic E-state index is 13.4. The summed E-state index contributed by atoms with van der Waals surface area (Å²) in [6, 6.07) is 6.30. The number of primary amides is 1. The molecule has 1 aliphatic rings. The number of benzene rings is 1. The molecule has 0 atom stereocenters. The first-order valence-electron chi connectivity index (χ1n) is 8.29. The SMILES string of the molecule is NC(=O)c1ccccc1Nc1ncc(C(F)(F)F)c(N2CCC(O)CC2)n1. The summed E-state index contributed by atoms with van der Waals surface area (Å²) >= 11 is 0. The Balaban J connectivity index is 1.96. The fraction of sp³-hybridized carbons (Fsp3) is 0.353. The van der Waals surface area contributed by atoms with E-state index in [-0.39, 0.29) is 30.4 Å². The van der Waals surface area contributed by atoms with Gasteiger partial charge in [0.05, 0.1) is 17.4 Å². The van der Waals surface area contributed by atoms with Gasteiger partial charge in [0.2, 0.25) is 5.95 Å². The van der Waals surface area contributed by atoms with Crippen LogP contribution in [0.3, 0.4) is 0 Å². The fourth-order valence-electron chi connectivity index (χ4n) is 2.88. The highest BCUT2D eigenvalue weighted by atomic mass is 19.4. The van der Waals surface area contributed by atoms with E-state index in [0.717, 1.165) is 0 Å². The zero-order valence-corrected chi connectivity index (χ0v) is 14.2. The average Bonchev–Trinajstić information content (AvgIpc) is 2.61. The number of aromatic nitrogens is 2. The summed E-state index contributed by atoms with van der Waals surface area (Å²) in [6.45, 7) is 0.497. The fourth-order valence-corrected chi connectivity index (χ4v) is 2.88. The first-order chi connectivity index (χ1) is 12.8. The van der Waals surface area contributed by atoms with E-state index < -0.39 is 23.8 Å². The number of anilines is 3. The number of amides is 1. The monoisotopic (exact) mass is 381 g/mol. The van der Waals surface area contributed by atoms with Crippen molar-refractivity contribution in [3.8, 4) is 0 Å². The summed E-state index contributed by atoms with van der Waals surface area (Å²) in [5.41, 5.74) is 4.82. The molecule has 4 N–H and O–H groups in total. The second-order valence-electron chi connectivity index (χ2n) is 6.18. The molecule has 0 radical (unpaired) electrons. The first kappa shape index (κ1) is 18.9. The van der Waals surface area contributed by atoms with Gasteiger partial charge in [-0.15, -0.1) is 0 Å². The van der Waals surface area contributed by atoms with Gasteiger partial charge in [0.25, 0.3) is 5.91 Å². The van der Waals surface area contributed by atoms with Crippen molar-refractivity contribution in [2.24, 2.45) is 5.73 Å². The maximum absolute atomic E-state index is 13.4. The number of rotatable bonds is 4. The zero-order chi connectivity index (χ0) is 19.6. The van der Waals surface area contributed by atoms with E-state index >= 15 is 0 Å². The number of para-hydroxylation sites is 1. The molecule has 1 aromatic carbocycles. The van der Waals surface area contributed by atoms with Gasteiger partial charge < -0.3 is 21.1 Å². The quantitative estimate of drug-likeness (QED) is 0.751. The summed E-state index contributed by atoms with van der Waals surface area (Å²) in [7, 11) is 0. The van der Waals surface area contributed by atoms with Crippen LogP contribution >= 0.6 is 0 Å². The van der Waals surface area contributed by atoms with Crippen LogP contribution in [0.25, 0.3) is 0 Å². The molecule has 1 aliphatic heterocycles. The van der Waals surface area contributed by atoms with Crippen molar-refractivity contribution in [1.29, 1.82) is 0 Å². The van der Waals surface area contributed by atoms with Crippen molar-refractivity contribution in [1.82, 2.24) is 9.97 Å². The molecule has 3 rings (SSSR count). The Morgan fingerprint density at radius 1 is 1.26 bits per heavy atom. The number of aliphatic hydroxyl groups is 1. The van der Waals surface area contributed by atoms with Crippen molar-refractivity contribution in [2.75, 3.05) is 23.3 Å². The molecular formula is C17H18F3N5O2. The minimum absolute atomic E-state index is 0.0854. The lowest BCUT2D eigenvalue weighted by atomic mass is 10.1. The van der Waals surface area contributed by atoms with E-state index in [1.807, 2.05) is 0 Å². The third kappa shape index (κ3) is 4.27. The molecule has 1 saturated heterocycles. The van der Waals surface area contributed by atoms with Crippen LogP contribution in [0.5, 0.6) is 0 Å². The van der Waals surface area contributed by atoms with E-state index in [2.05, 4.69) is 15.3 Å². The second kappa shape index (κ2) is 7.39. The maximum Gasteiger partial charge on any atom is 0.421 e. The summed E-state index contributed by atoms with van der Waals surface area (Å²) in [5, 5.41) is 12.4. The number of nitrogens with one attached hydrogen (secondary N) is 1. The average molecular weight is 381 g/mol. The number of piperidine rings is 1. The molecule has 0 bridgehead atoms. The predicted molar refractivity (Wildman–Crippen MR) is 92.7 cm³/mol. The van der Waals surface area contributed by atoms with E-state index in [4.69, 9.17) is 5.73 Å². The Labute approximate surface area is 153 Å². The highest BCUT2D eigenvalue weighted by Crippen LogP contribution is 2.36. The molecule has 2 aromatic rings. The largest absolute Gasteiger partial charge is 0.421 e. The van der Waals surface area contributed by atoms with Gasteiger partial charge in [-0.1, -0.05) is 12.1 Å². The van der Waals surface area contributed by atoms with Crippen LogP contribution < -0.4 is 16.0 Å². The van der Waals surface area contributed by atoms with Gasteiger partial charge in [0.15, 0.2) is 0 Å². The molecule has 0 aliphatic carbocycles. The van der Waals surface area contributed by atoms with Gasteiger partial charge in [-0.3, -0.25) is 4.79 Å². The molecule has 1 amide bonds. The standard InChI is InChI=1S/C17H18F3N5O2/c18-17(19,20)12-9-22-16(23-13-4-2-1-3-11(13)14(21)27)24-15(12)25-7-5-10(26)6-8-25/h1-4,9-10,26H,5-8H2,(H2,21,27)(H,22,23,24). The van der Waals surface area contributed by atoms with Gasteiger partial charge in [-0.25, -0.2) is 4.98 Å². The number of alkyl halides is 3. The number of hydrogen-bond donors (Lipinski definition) is 3. The predicted octanol–water partition coefficient (Wildman–Crippen LogP) is 2.30. The van der Waals surface area contributed by atoms with Crippen LogP contribution in [-0.4, -0.2) is 40.2 Å². The van der Waals surface area contributed by atoms with Crippen LogP contribution in [0, 0.1) is 0 Å². The Morgan fingerprint density at radius 2 is 1.93 bits per heavy atom. The lowest BCUT2D eigenvalue weighted by Crippen LogP contribution is -2.37. The number of carbonyl (C=O) groups excluding carboxylic acids is 1. The lowest BCUT2D eigenvalue weighted by molar-refractivity contribution is -0.137. The van der Waals surface area contributed by atoms with Crippen LogP contribution in [0.1, 0.15) is 28.8 Å². The number of hydrogen-bond acceptors (Lipinski definition) is 6. The molecule has 10 heteroatoms. The number of halogens is 3. The molecule has 0 saturated carbocycles. The minimum atomic E-state index is -4.62. The third-order valence-electron chi connectivity index (χ3n) is 4.28. The first-order valence-corrected chi connectivity index (χ1v) is 8.29. The summed E-state index contributed by atoms with van der Waals surface area (Å²) in [5.74, 6) is -1.03. The molecule has 2 heterocycles. The molecular weight excluding hydrogens is 363 g/mol. The molecule has 1 aromatic heterocycles. The lowest BCUT2D eigenvalue weighted by Gasteiger charge is -2.32. The molecule has 27 heavy (non-hydrogen) atoms. The number of nitrogens with two attached hydrogens (primary N) is 1. The van der Waals surface area contributed by atoms with Crippen molar-refractivity contribution >= 4 is 23.4 Å². The van der Waals surface area contributed by atoms with Crippen molar-refractivity contribution in [3.05, 3.63) is 41.6 Å². The van der Waals surface area contributed by atoms with Crippen molar-refractivity contribution < 1.29 is 23.1 Å². The van der Waals surface area contributed by atoms with Crippen LogP contribution in [0.15, 0.2) is 30.5 Å². The summed E-state index contributed by atoms with van der Waals surface area (Å²) in [4.78, 5) is 20.8. The Hall–Kier alpha value is -2.88. The van der Waals surface area contributed by atoms with Crippen LogP contribution in [-0.2, 0) is 6.18 Å². The number of aliphatic hydroxyl groups excluding tert-OH is 1. The molecule has 0 spiro atoms. The van der Waals surface area contributed by atoms with Crippen LogP contribution in [0.4, 0.5) is 30.6 Å². The number of nitrogens with zero attached hydrogens (tertiary/aromatic N) is 3. The zero-order valence-electron chi connectivity index (χ0n) is 14.2. The molecule has 0 unspecified atom stereocenters. The topological polar surface area (TPSA) is 104 Å². The minimum Gasteiger partial charge on any atom is -0.393 e. The van der Waals surface area contributed by atoms with E-state index in [1.165, 1.54) is 11.0 Å². The Morgan fingerprint density at radius 3 is 2.56 bits per heavy atom. The molecule has 144 valence electrons. The van der Waals surface area contributed by atoms with Crippen molar-refractivity contribution in [2.45, 2.75) is 25.1 Å². The third-order valence-corrected chi connectivity index (χ3v) is 4.28. The Kier molecular flexibility index (Phi) is 5.17. The van der Waals surface area contributed by atoms with Gasteiger partial charge >= 0.3 is 6.18 Å². The van der Waals surface area contributed by atoms with Gasteiger partial charge in [0.1, 0.15) is 11.4 Å². The molecule has 7 nitrogen and oxygen atoms in total. The smallest absolute Gasteiger partial charge is 0.393 e. The summed E-state index contributed by atoms with van der Waals surface area (Å²) < 4.78 is 40.1. The van der Waals surface area contributed by atoms with E-state index in [0.29, 0.717) is 24.7 Å². The van der Waals surface area contributed by atoms with Crippen molar-refractivity contribution in [3.63, 3.8) is 0 Å². The highest BCUT2D eigenvalue weighted by molar-refractivity contribution is 5.98. The van der Waals surface area contributed by atoms with E-state index in [1.54, 1.807) is 18.2 Å². The highest BCUT2D eigenvalue weighted by Gasteiger charge is 2.37. The van der Waals surface area contributed by atoms with Gasteiger partial charge in [-0.2, -0.15) is 18.2 Å². The summed E-state index contributed by atoms with van der Waals surface area (Å²) in [6.07, 6.45) is -3.72. The molecule has 1 fully saturated rings. The van der Waals surface area contributed by atoms with Gasteiger partial charge in [-0.05, 0) is 25.0 Å². The van der Waals surface area contributed by atoms with Gasteiger partial charge in [0, 0.05) is 19.3 Å². The van der Waals surface area contributed by atoms with Crippen LogP contribution in [0.2, 0.25) is 0 Å². The van der Waals surface area contributed by atoms with E-state index in [9.17, 15) is 23.1 Å². The number of carbonyl (C=O) groups is 1. The normalized spacial score (nSPS) is 15.6. The Bertz CT molecular complexity index is 836.